The van der Waals surface area contributed by atoms with Crippen LogP contribution in [0.3, 0.4) is 0 Å². The maximum atomic E-state index is 5.82. The zero-order valence-electron chi connectivity index (χ0n) is 12.8. The van der Waals surface area contributed by atoms with Gasteiger partial charge in [0.1, 0.15) is 0 Å². The summed E-state index contributed by atoms with van der Waals surface area (Å²) in [5, 5.41) is 10.5. The minimum Gasteiger partial charge on any atom is -0.419 e. The minimum atomic E-state index is 0.589. The van der Waals surface area contributed by atoms with Gasteiger partial charge in [0.05, 0.1) is 6.54 Å². The lowest BCUT2D eigenvalue weighted by atomic mass is 10.1. The summed E-state index contributed by atoms with van der Waals surface area (Å²) in [6.45, 7) is 6.73. The molecule has 0 aliphatic carbocycles. The van der Waals surface area contributed by atoms with Gasteiger partial charge in [-0.05, 0) is 37.0 Å². The molecular formula is C17H19N3OS. The van der Waals surface area contributed by atoms with E-state index in [-0.39, 0.29) is 0 Å². The largest absolute Gasteiger partial charge is 0.419 e. The van der Waals surface area contributed by atoms with Crippen LogP contribution in [0, 0.1) is 6.92 Å². The molecule has 1 aromatic carbocycles. The van der Waals surface area contributed by atoms with Crippen molar-refractivity contribution in [3.63, 3.8) is 0 Å². The van der Waals surface area contributed by atoms with Gasteiger partial charge in [0.25, 0.3) is 0 Å². The van der Waals surface area contributed by atoms with Crippen LogP contribution in [0.15, 0.2) is 46.2 Å². The molecule has 5 heteroatoms. The topological polar surface area (TPSA) is 42.2 Å². The first kappa shape index (κ1) is 14.9. The van der Waals surface area contributed by atoms with Crippen molar-refractivity contribution in [2.24, 2.45) is 0 Å². The van der Waals surface area contributed by atoms with Gasteiger partial charge >= 0.3 is 0 Å². The van der Waals surface area contributed by atoms with E-state index in [1.807, 2.05) is 12.1 Å². The summed E-state index contributed by atoms with van der Waals surface area (Å²) in [7, 11) is 0. The lowest BCUT2D eigenvalue weighted by Crippen LogP contribution is -2.21. The third kappa shape index (κ3) is 3.61. The van der Waals surface area contributed by atoms with Gasteiger partial charge in [-0.15, -0.1) is 21.5 Å². The van der Waals surface area contributed by atoms with Crippen LogP contribution in [0.25, 0.3) is 11.5 Å². The van der Waals surface area contributed by atoms with Crippen molar-refractivity contribution in [2.75, 3.05) is 6.54 Å². The fourth-order valence-electron chi connectivity index (χ4n) is 2.31. The Labute approximate surface area is 134 Å². The van der Waals surface area contributed by atoms with E-state index >= 15 is 0 Å². The number of rotatable bonds is 6. The Morgan fingerprint density at radius 1 is 1.14 bits per heavy atom. The zero-order valence-corrected chi connectivity index (χ0v) is 13.6. The maximum Gasteiger partial charge on any atom is 0.247 e. The summed E-state index contributed by atoms with van der Waals surface area (Å²) in [6, 6.07) is 12.3. The first-order chi connectivity index (χ1) is 10.7. The average molecular weight is 313 g/mol. The van der Waals surface area contributed by atoms with Gasteiger partial charge in [-0.1, -0.05) is 30.7 Å². The van der Waals surface area contributed by atoms with E-state index in [0.717, 1.165) is 18.7 Å². The fraction of sp³-hybridized carbons (Fsp3) is 0.294. The van der Waals surface area contributed by atoms with Gasteiger partial charge in [0, 0.05) is 17.0 Å². The Morgan fingerprint density at radius 3 is 2.77 bits per heavy atom. The highest BCUT2D eigenvalue weighted by Gasteiger charge is 2.12. The molecule has 0 amide bonds. The van der Waals surface area contributed by atoms with E-state index in [4.69, 9.17) is 4.42 Å². The lowest BCUT2D eigenvalue weighted by Gasteiger charge is -2.16. The molecule has 0 fully saturated rings. The van der Waals surface area contributed by atoms with Crippen molar-refractivity contribution >= 4 is 11.3 Å². The summed E-state index contributed by atoms with van der Waals surface area (Å²) in [4.78, 5) is 3.64. The van der Waals surface area contributed by atoms with Crippen LogP contribution in [-0.2, 0) is 13.1 Å². The molecule has 2 aromatic heterocycles. The van der Waals surface area contributed by atoms with Crippen molar-refractivity contribution < 1.29 is 4.42 Å². The normalized spacial score (nSPS) is 11.2. The van der Waals surface area contributed by atoms with Crippen LogP contribution in [0.5, 0.6) is 0 Å². The molecule has 114 valence electrons. The second-order valence-electron chi connectivity index (χ2n) is 5.25. The molecule has 3 aromatic rings. The minimum absolute atomic E-state index is 0.589. The number of hydrogen-bond acceptors (Lipinski definition) is 5. The molecule has 0 N–H and O–H groups in total. The van der Waals surface area contributed by atoms with E-state index in [2.05, 4.69) is 58.6 Å². The maximum absolute atomic E-state index is 5.82. The summed E-state index contributed by atoms with van der Waals surface area (Å²) >= 11 is 1.77. The highest BCUT2D eigenvalue weighted by atomic mass is 32.1. The zero-order chi connectivity index (χ0) is 15.4. The lowest BCUT2D eigenvalue weighted by molar-refractivity contribution is 0.245. The second kappa shape index (κ2) is 6.85. The molecule has 0 atom stereocenters. The van der Waals surface area contributed by atoms with Crippen LogP contribution in [-0.4, -0.2) is 21.6 Å². The molecule has 0 aliphatic rings. The molecule has 3 rings (SSSR count). The van der Waals surface area contributed by atoms with Gasteiger partial charge in [-0.3, -0.25) is 4.90 Å². The molecule has 0 saturated carbocycles. The number of benzene rings is 1. The monoisotopic (exact) mass is 313 g/mol. The molecule has 0 bridgehead atoms. The molecule has 2 heterocycles. The molecule has 4 nitrogen and oxygen atoms in total. The third-order valence-electron chi connectivity index (χ3n) is 3.50. The Balaban J connectivity index is 1.70. The van der Waals surface area contributed by atoms with Crippen LogP contribution in [0.2, 0.25) is 0 Å². The molecule has 0 radical (unpaired) electrons. The van der Waals surface area contributed by atoms with Gasteiger partial charge in [0.15, 0.2) is 0 Å². The van der Waals surface area contributed by atoms with Crippen LogP contribution < -0.4 is 0 Å². The van der Waals surface area contributed by atoms with Gasteiger partial charge in [-0.2, -0.15) is 0 Å². The number of aromatic nitrogens is 2. The SMILES string of the molecule is CCN(Cc1nnc(-c2cccc(C)c2)o1)Cc1cccs1. The van der Waals surface area contributed by atoms with Gasteiger partial charge < -0.3 is 4.42 Å². The molecule has 0 aliphatic heterocycles. The number of nitrogens with zero attached hydrogens (tertiary/aromatic N) is 3. The smallest absolute Gasteiger partial charge is 0.247 e. The standard InChI is InChI=1S/C17H19N3OS/c1-3-20(11-15-8-5-9-22-15)12-16-18-19-17(21-16)14-7-4-6-13(2)10-14/h4-10H,3,11-12H2,1-2H3. The van der Waals surface area contributed by atoms with E-state index in [1.54, 1.807) is 11.3 Å². The molecule has 22 heavy (non-hydrogen) atoms. The Bertz CT molecular complexity index is 721. The third-order valence-corrected chi connectivity index (χ3v) is 4.36. The highest BCUT2D eigenvalue weighted by molar-refractivity contribution is 7.09. The van der Waals surface area contributed by atoms with E-state index in [0.29, 0.717) is 18.3 Å². The average Bonchev–Trinajstić information content (AvgIpc) is 3.18. The number of thiophene rings is 1. The molecule has 0 saturated heterocycles. The fourth-order valence-corrected chi connectivity index (χ4v) is 3.05. The number of aryl methyl sites for hydroxylation is 1. The Hall–Kier alpha value is -1.98. The quantitative estimate of drug-likeness (QED) is 0.686. The van der Waals surface area contributed by atoms with Crippen molar-refractivity contribution in [3.8, 4) is 11.5 Å². The Morgan fingerprint density at radius 2 is 2.05 bits per heavy atom. The van der Waals surface area contributed by atoms with Crippen molar-refractivity contribution in [1.82, 2.24) is 15.1 Å². The Kier molecular flexibility index (Phi) is 4.65. The molecule has 0 spiro atoms. The summed E-state index contributed by atoms with van der Waals surface area (Å²) in [5.41, 5.74) is 2.16. The van der Waals surface area contributed by atoms with E-state index in [9.17, 15) is 0 Å². The van der Waals surface area contributed by atoms with E-state index in [1.165, 1.54) is 10.4 Å². The molecular weight excluding hydrogens is 294 g/mol. The summed E-state index contributed by atoms with van der Waals surface area (Å²) in [5.74, 6) is 1.25. The van der Waals surface area contributed by atoms with Crippen molar-refractivity contribution in [1.29, 1.82) is 0 Å². The first-order valence-electron chi connectivity index (χ1n) is 7.38. The molecule has 0 unspecified atom stereocenters. The predicted octanol–water partition coefficient (Wildman–Crippen LogP) is 4.13. The number of hydrogen-bond donors (Lipinski definition) is 0. The first-order valence-corrected chi connectivity index (χ1v) is 8.26. The predicted molar refractivity (Wildman–Crippen MR) is 88.6 cm³/mol. The van der Waals surface area contributed by atoms with Gasteiger partial charge in [-0.25, -0.2) is 0 Å². The summed E-state index contributed by atoms with van der Waals surface area (Å²) in [6.07, 6.45) is 0. The second-order valence-corrected chi connectivity index (χ2v) is 6.29. The van der Waals surface area contributed by atoms with Crippen molar-refractivity contribution in [2.45, 2.75) is 26.9 Å². The summed E-state index contributed by atoms with van der Waals surface area (Å²) < 4.78 is 5.82. The van der Waals surface area contributed by atoms with Crippen LogP contribution in [0.1, 0.15) is 23.3 Å². The van der Waals surface area contributed by atoms with E-state index < -0.39 is 0 Å². The van der Waals surface area contributed by atoms with Gasteiger partial charge in [0.2, 0.25) is 11.8 Å². The van der Waals surface area contributed by atoms with Crippen LogP contribution >= 0.6 is 11.3 Å². The van der Waals surface area contributed by atoms with Crippen molar-refractivity contribution in [3.05, 3.63) is 58.1 Å². The van der Waals surface area contributed by atoms with Crippen LogP contribution in [0.4, 0.5) is 0 Å². The highest BCUT2D eigenvalue weighted by Crippen LogP contribution is 2.20.